The Morgan fingerprint density at radius 2 is 1.48 bits per heavy atom. The standard InChI is InChI=1S/C7H12O4.C6H10O4/c1-2-7(9)11-6-5-10-4-3-8;7-5(8)3-1-2-4-6(9)10/h2,8H,1,3-6H2;1-4H2,(H,7,8)(H,9,10). The maximum absolute atomic E-state index is 10.4. The fourth-order valence-electron chi connectivity index (χ4n) is 0.979. The second-order valence-electron chi connectivity index (χ2n) is 3.70. The Kier molecular flexibility index (Phi) is 16.4. The zero-order valence-corrected chi connectivity index (χ0v) is 11.8. The Morgan fingerprint density at radius 1 is 0.952 bits per heavy atom. The van der Waals surface area contributed by atoms with E-state index in [0.717, 1.165) is 6.08 Å². The molecule has 0 amide bonds. The van der Waals surface area contributed by atoms with Crippen molar-refractivity contribution in [2.45, 2.75) is 25.7 Å². The molecule has 0 radical (unpaired) electrons. The molecule has 0 rings (SSSR count). The van der Waals surface area contributed by atoms with E-state index in [1.54, 1.807) is 0 Å². The molecule has 0 spiro atoms. The topological polar surface area (TPSA) is 130 Å². The lowest BCUT2D eigenvalue weighted by Gasteiger charge is -2.01. The van der Waals surface area contributed by atoms with Gasteiger partial charge in [0.15, 0.2) is 0 Å². The largest absolute Gasteiger partial charge is 0.481 e. The molecule has 8 nitrogen and oxygen atoms in total. The van der Waals surface area contributed by atoms with Crippen molar-refractivity contribution in [3.8, 4) is 0 Å². The smallest absolute Gasteiger partial charge is 0.330 e. The average Bonchev–Trinajstić information content (AvgIpc) is 2.43. The molecule has 0 aliphatic heterocycles. The molecule has 0 aromatic heterocycles. The molecular formula is C13H22O8. The van der Waals surface area contributed by atoms with Crippen molar-refractivity contribution in [3.05, 3.63) is 12.7 Å². The number of hydrogen-bond acceptors (Lipinski definition) is 6. The lowest BCUT2D eigenvalue weighted by molar-refractivity contribution is -0.139. The van der Waals surface area contributed by atoms with E-state index in [2.05, 4.69) is 11.3 Å². The zero-order valence-electron chi connectivity index (χ0n) is 11.8. The molecule has 0 fully saturated rings. The maximum Gasteiger partial charge on any atom is 0.330 e. The molecule has 0 aromatic carbocycles. The van der Waals surface area contributed by atoms with Crippen LogP contribution in [-0.2, 0) is 23.9 Å². The summed E-state index contributed by atoms with van der Waals surface area (Å²) in [6, 6.07) is 0. The van der Waals surface area contributed by atoms with Gasteiger partial charge in [0.2, 0.25) is 0 Å². The summed E-state index contributed by atoms with van der Waals surface area (Å²) in [5.41, 5.74) is 0. The number of hydrogen-bond donors (Lipinski definition) is 3. The number of carboxylic acid groups (broad SMARTS) is 2. The third kappa shape index (κ3) is 23.6. The van der Waals surface area contributed by atoms with Crippen LogP contribution in [0.1, 0.15) is 25.7 Å². The highest BCUT2D eigenvalue weighted by Gasteiger charge is 1.99. The molecule has 0 saturated heterocycles. The quantitative estimate of drug-likeness (QED) is 0.285. The third-order valence-electron chi connectivity index (χ3n) is 1.91. The predicted octanol–water partition coefficient (Wildman–Crippen LogP) is 0.440. The van der Waals surface area contributed by atoms with Crippen LogP contribution < -0.4 is 0 Å². The Balaban J connectivity index is 0. The van der Waals surface area contributed by atoms with Crippen molar-refractivity contribution in [2.75, 3.05) is 26.4 Å². The minimum atomic E-state index is -0.870. The van der Waals surface area contributed by atoms with E-state index in [0.29, 0.717) is 19.4 Å². The monoisotopic (exact) mass is 306 g/mol. The molecule has 8 heteroatoms. The number of unbranched alkanes of at least 4 members (excludes halogenated alkanes) is 1. The van der Waals surface area contributed by atoms with Gasteiger partial charge in [-0.25, -0.2) is 4.79 Å². The van der Waals surface area contributed by atoms with Gasteiger partial charge in [0.05, 0.1) is 19.8 Å². The first kappa shape index (κ1) is 21.4. The Labute approximate surface area is 123 Å². The molecule has 3 N–H and O–H groups in total. The summed E-state index contributed by atoms with van der Waals surface area (Å²) in [4.78, 5) is 30.2. The van der Waals surface area contributed by atoms with Crippen LogP contribution in [0.15, 0.2) is 12.7 Å². The molecule has 21 heavy (non-hydrogen) atoms. The van der Waals surface area contributed by atoms with Crippen molar-refractivity contribution in [1.82, 2.24) is 0 Å². The first-order chi connectivity index (χ1) is 9.93. The Bertz CT molecular complexity index is 297. The third-order valence-corrected chi connectivity index (χ3v) is 1.91. The Morgan fingerprint density at radius 3 is 1.86 bits per heavy atom. The Hall–Kier alpha value is -1.93. The fraction of sp³-hybridized carbons (Fsp3) is 0.615. The van der Waals surface area contributed by atoms with Gasteiger partial charge < -0.3 is 24.8 Å². The number of aliphatic hydroxyl groups excluding tert-OH is 1. The minimum Gasteiger partial charge on any atom is -0.481 e. The molecule has 0 aliphatic carbocycles. The van der Waals surface area contributed by atoms with E-state index in [9.17, 15) is 14.4 Å². The predicted molar refractivity (Wildman–Crippen MR) is 72.8 cm³/mol. The molecule has 0 heterocycles. The first-order valence-electron chi connectivity index (χ1n) is 6.35. The normalized spacial score (nSPS) is 9.19. The molecule has 0 aliphatic rings. The molecule has 0 atom stereocenters. The lowest BCUT2D eigenvalue weighted by Crippen LogP contribution is -2.09. The van der Waals surface area contributed by atoms with Gasteiger partial charge in [-0.3, -0.25) is 9.59 Å². The van der Waals surface area contributed by atoms with E-state index < -0.39 is 17.9 Å². The van der Waals surface area contributed by atoms with Crippen LogP contribution in [0.2, 0.25) is 0 Å². The molecule has 0 bridgehead atoms. The molecule has 0 saturated carbocycles. The molecule has 122 valence electrons. The van der Waals surface area contributed by atoms with Crippen LogP contribution >= 0.6 is 0 Å². The summed E-state index contributed by atoms with van der Waals surface area (Å²) in [5, 5.41) is 24.5. The van der Waals surface area contributed by atoms with Gasteiger partial charge in [-0.1, -0.05) is 6.58 Å². The van der Waals surface area contributed by atoms with Crippen molar-refractivity contribution in [3.63, 3.8) is 0 Å². The number of carboxylic acids is 2. The fourth-order valence-corrected chi connectivity index (χ4v) is 0.979. The van der Waals surface area contributed by atoms with Crippen LogP contribution in [0.4, 0.5) is 0 Å². The van der Waals surface area contributed by atoms with E-state index in [1.807, 2.05) is 0 Å². The molecule has 0 aromatic rings. The second-order valence-corrected chi connectivity index (χ2v) is 3.70. The van der Waals surface area contributed by atoms with Gasteiger partial charge in [0, 0.05) is 18.9 Å². The number of aliphatic carboxylic acids is 2. The van der Waals surface area contributed by atoms with E-state index in [4.69, 9.17) is 20.1 Å². The highest BCUT2D eigenvalue weighted by atomic mass is 16.6. The van der Waals surface area contributed by atoms with Crippen LogP contribution in [-0.4, -0.2) is 59.7 Å². The highest BCUT2D eigenvalue weighted by Crippen LogP contribution is 1.98. The summed E-state index contributed by atoms with van der Waals surface area (Å²) < 4.78 is 9.39. The molecular weight excluding hydrogens is 284 g/mol. The van der Waals surface area contributed by atoms with Gasteiger partial charge in [-0.2, -0.15) is 0 Å². The van der Waals surface area contributed by atoms with Gasteiger partial charge in [-0.05, 0) is 12.8 Å². The zero-order chi connectivity index (χ0) is 16.5. The lowest BCUT2D eigenvalue weighted by atomic mass is 10.2. The maximum atomic E-state index is 10.4. The van der Waals surface area contributed by atoms with Crippen LogP contribution in [0, 0.1) is 0 Å². The highest BCUT2D eigenvalue weighted by molar-refractivity contribution is 5.81. The van der Waals surface area contributed by atoms with Gasteiger partial charge in [0.1, 0.15) is 6.61 Å². The summed E-state index contributed by atoms with van der Waals surface area (Å²) >= 11 is 0. The first-order valence-corrected chi connectivity index (χ1v) is 6.35. The molecule has 0 unspecified atom stereocenters. The van der Waals surface area contributed by atoms with E-state index >= 15 is 0 Å². The SMILES string of the molecule is C=CC(=O)OCCOCCO.O=C(O)CCCCC(=O)O. The number of aliphatic hydroxyl groups is 1. The van der Waals surface area contributed by atoms with Crippen LogP contribution in [0.25, 0.3) is 0 Å². The number of rotatable bonds is 11. The van der Waals surface area contributed by atoms with E-state index in [1.165, 1.54) is 0 Å². The second kappa shape index (κ2) is 16.1. The van der Waals surface area contributed by atoms with Crippen molar-refractivity contribution >= 4 is 17.9 Å². The summed E-state index contributed by atoms with van der Waals surface area (Å²) in [6.45, 7) is 3.98. The van der Waals surface area contributed by atoms with Gasteiger partial charge in [0.25, 0.3) is 0 Å². The van der Waals surface area contributed by atoms with Crippen molar-refractivity contribution in [2.24, 2.45) is 0 Å². The summed E-state index contributed by atoms with van der Waals surface area (Å²) in [6.07, 6.45) is 2.11. The average molecular weight is 306 g/mol. The number of carbonyl (C=O) groups excluding carboxylic acids is 1. The number of esters is 1. The number of carbonyl (C=O) groups is 3. The number of ether oxygens (including phenoxy) is 2. The van der Waals surface area contributed by atoms with Crippen LogP contribution in [0.5, 0.6) is 0 Å². The minimum absolute atomic E-state index is 0.0184. The van der Waals surface area contributed by atoms with Crippen molar-refractivity contribution in [1.29, 1.82) is 0 Å². The summed E-state index contributed by atoms with van der Waals surface area (Å²) in [5.74, 6) is -2.20. The van der Waals surface area contributed by atoms with Gasteiger partial charge >= 0.3 is 17.9 Å². The van der Waals surface area contributed by atoms with Crippen molar-refractivity contribution < 1.29 is 39.2 Å². The van der Waals surface area contributed by atoms with Gasteiger partial charge in [-0.15, -0.1) is 0 Å². The summed E-state index contributed by atoms with van der Waals surface area (Å²) in [7, 11) is 0. The van der Waals surface area contributed by atoms with E-state index in [-0.39, 0.29) is 32.7 Å². The van der Waals surface area contributed by atoms with Crippen LogP contribution in [0.3, 0.4) is 0 Å².